The van der Waals surface area contributed by atoms with Crippen molar-refractivity contribution in [1.82, 2.24) is 5.43 Å². The van der Waals surface area contributed by atoms with Gasteiger partial charge in [-0.15, -0.1) is 0 Å². The number of anilines is 1. The topological polar surface area (TPSA) is 66.6 Å². The van der Waals surface area contributed by atoms with Gasteiger partial charge in [0.1, 0.15) is 11.5 Å². The average Bonchev–Trinajstić information content (AvgIpc) is 3.10. The summed E-state index contributed by atoms with van der Waals surface area (Å²) in [4.78, 5) is 11.7. The first-order chi connectivity index (χ1) is 12.2. The van der Waals surface area contributed by atoms with Crippen molar-refractivity contribution in [1.29, 1.82) is 0 Å². The molecular formula is C19H16BrN3O2. The number of amides is 1. The minimum Gasteiger partial charge on any atom is -0.455 e. The van der Waals surface area contributed by atoms with E-state index in [1.54, 1.807) is 6.07 Å². The van der Waals surface area contributed by atoms with Gasteiger partial charge in [-0.3, -0.25) is 4.79 Å². The van der Waals surface area contributed by atoms with E-state index < -0.39 is 0 Å². The van der Waals surface area contributed by atoms with Gasteiger partial charge in [0, 0.05) is 15.7 Å². The molecule has 126 valence electrons. The zero-order chi connectivity index (χ0) is 17.5. The van der Waals surface area contributed by atoms with Gasteiger partial charge in [-0.1, -0.05) is 46.3 Å². The number of benzene rings is 2. The number of carbonyl (C=O) groups excluding carboxylic acids is 1. The maximum absolute atomic E-state index is 11.7. The van der Waals surface area contributed by atoms with E-state index in [1.165, 1.54) is 6.21 Å². The minimum atomic E-state index is -0.236. The highest BCUT2D eigenvalue weighted by Gasteiger charge is 2.04. The predicted molar refractivity (Wildman–Crippen MR) is 103 cm³/mol. The van der Waals surface area contributed by atoms with Crippen LogP contribution in [0, 0.1) is 0 Å². The van der Waals surface area contributed by atoms with E-state index in [2.05, 4.69) is 31.8 Å². The number of furan rings is 1. The molecule has 3 aromatic rings. The first-order valence-corrected chi connectivity index (χ1v) is 8.46. The Morgan fingerprint density at radius 2 is 1.80 bits per heavy atom. The maximum Gasteiger partial charge on any atom is 0.259 e. The Labute approximate surface area is 153 Å². The smallest absolute Gasteiger partial charge is 0.259 e. The third-order valence-electron chi connectivity index (χ3n) is 3.36. The molecular weight excluding hydrogens is 382 g/mol. The summed E-state index contributed by atoms with van der Waals surface area (Å²) in [7, 11) is 0. The third kappa shape index (κ3) is 5.06. The molecule has 0 saturated heterocycles. The van der Waals surface area contributed by atoms with E-state index in [0.717, 1.165) is 21.5 Å². The number of hydrogen-bond donors (Lipinski definition) is 2. The highest BCUT2D eigenvalue weighted by molar-refractivity contribution is 9.10. The standard InChI is InChI=1S/C19H16BrN3O2/c20-15-8-6-14(7-9-15)18-11-10-17(25-18)12-22-23-19(24)13-21-16-4-2-1-3-5-16/h1-12,21H,13H2,(H,23,24)/b22-12+. The number of hydrazone groups is 1. The SMILES string of the molecule is O=C(CNc1ccccc1)N/N=C/c1ccc(-c2ccc(Br)cc2)o1. The Balaban J connectivity index is 1.50. The summed E-state index contributed by atoms with van der Waals surface area (Å²) in [6.07, 6.45) is 1.47. The van der Waals surface area contributed by atoms with Crippen LogP contribution in [0.15, 0.2) is 80.7 Å². The number of carbonyl (C=O) groups is 1. The lowest BCUT2D eigenvalue weighted by Gasteiger charge is -2.04. The lowest BCUT2D eigenvalue weighted by molar-refractivity contribution is -0.119. The Bertz CT molecular complexity index is 858. The first-order valence-electron chi connectivity index (χ1n) is 7.67. The highest BCUT2D eigenvalue weighted by atomic mass is 79.9. The first kappa shape index (κ1) is 17.0. The molecule has 0 atom stereocenters. The van der Waals surface area contributed by atoms with E-state index in [4.69, 9.17) is 4.42 Å². The van der Waals surface area contributed by atoms with Crippen molar-refractivity contribution in [2.75, 3.05) is 11.9 Å². The number of rotatable bonds is 6. The molecule has 0 unspecified atom stereocenters. The molecule has 3 rings (SSSR count). The van der Waals surface area contributed by atoms with E-state index in [0.29, 0.717) is 5.76 Å². The molecule has 1 aromatic heterocycles. The zero-order valence-corrected chi connectivity index (χ0v) is 14.9. The van der Waals surface area contributed by atoms with E-state index in [1.807, 2.05) is 60.7 Å². The molecule has 0 aliphatic heterocycles. The molecule has 1 heterocycles. The van der Waals surface area contributed by atoms with Crippen molar-refractivity contribution in [2.45, 2.75) is 0 Å². The summed E-state index contributed by atoms with van der Waals surface area (Å²) in [5, 5.41) is 6.92. The molecule has 0 bridgehead atoms. The normalized spacial score (nSPS) is 10.8. The number of hydrogen-bond acceptors (Lipinski definition) is 4. The number of nitrogens with zero attached hydrogens (tertiary/aromatic N) is 1. The molecule has 5 nitrogen and oxygen atoms in total. The monoisotopic (exact) mass is 397 g/mol. The van der Waals surface area contributed by atoms with Crippen LogP contribution in [0.4, 0.5) is 5.69 Å². The number of nitrogens with one attached hydrogen (secondary N) is 2. The van der Waals surface area contributed by atoms with E-state index in [9.17, 15) is 4.79 Å². The fraction of sp³-hybridized carbons (Fsp3) is 0.0526. The van der Waals surface area contributed by atoms with Gasteiger partial charge in [-0.2, -0.15) is 5.10 Å². The lowest BCUT2D eigenvalue weighted by Crippen LogP contribution is -2.25. The Hall–Kier alpha value is -2.86. The average molecular weight is 398 g/mol. The molecule has 0 aliphatic rings. The van der Waals surface area contributed by atoms with Gasteiger partial charge >= 0.3 is 0 Å². The summed E-state index contributed by atoms with van der Waals surface area (Å²) in [6.45, 7) is 0.143. The van der Waals surface area contributed by atoms with Gasteiger partial charge in [0.25, 0.3) is 5.91 Å². The van der Waals surface area contributed by atoms with Gasteiger partial charge in [-0.25, -0.2) is 5.43 Å². The van der Waals surface area contributed by atoms with Crippen LogP contribution in [-0.2, 0) is 4.79 Å². The summed E-state index contributed by atoms with van der Waals surface area (Å²) < 4.78 is 6.70. The molecule has 0 spiro atoms. The van der Waals surface area contributed by atoms with Gasteiger partial charge in [0.15, 0.2) is 0 Å². The second-order valence-corrected chi connectivity index (χ2v) is 6.14. The van der Waals surface area contributed by atoms with Crippen LogP contribution in [0.1, 0.15) is 5.76 Å². The van der Waals surface area contributed by atoms with Crippen molar-refractivity contribution in [3.63, 3.8) is 0 Å². The lowest BCUT2D eigenvalue weighted by atomic mass is 10.2. The molecule has 0 saturated carbocycles. The van der Waals surface area contributed by atoms with Crippen molar-refractivity contribution in [3.8, 4) is 11.3 Å². The molecule has 6 heteroatoms. The van der Waals surface area contributed by atoms with Gasteiger partial charge in [-0.05, 0) is 36.4 Å². The predicted octanol–water partition coefficient (Wildman–Crippen LogP) is 4.27. The van der Waals surface area contributed by atoms with Crippen LogP contribution in [0.3, 0.4) is 0 Å². The van der Waals surface area contributed by atoms with Crippen molar-refractivity contribution in [3.05, 3.63) is 77.0 Å². The van der Waals surface area contributed by atoms with E-state index in [-0.39, 0.29) is 12.5 Å². The van der Waals surface area contributed by atoms with Crippen molar-refractivity contribution in [2.24, 2.45) is 5.10 Å². The second kappa shape index (κ2) is 8.30. The summed E-state index contributed by atoms with van der Waals surface area (Å²) >= 11 is 3.40. The largest absolute Gasteiger partial charge is 0.455 e. The Morgan fingerprint density at radius 1 is 1.04 bits per heavy atom. The number of para-hydroxylation sites is 1. The fourth-order valence-corrected chi connectivity index (χ4v) is 2.40. The maximum atomic E-state index is 11.7. The fourth-order valence-electron chi connectivity index (χ4n) is 2.14. The van der Waals surface area contributed by atoms with Crippen LogP contribution in [0.5, 0.6) is 0 Å². The van der Waals surface area contributed by atoms with Crippen LogP contribution in [0.2, 0.25) is 0 Å². The third-order valence-corrected chi connectivity index (χ3v) is 3.89. The van der Waals surface area contributed by atoms with Crippen molar-refractivity contribution < 1.29 is 9.21 Å². The highest BCUT2D eigenvalue weighted by Crippen LogP contribution is 2.23. The van der Waals surface area contributed by atoms with Crippen molar-refractivity contribution >= 4 is 33.7 Å². The molecule has 0 aliphatic carbocycles. The second-order valence-electron chi connectivity index (χ2n) is 5.22. The van der Waals surface area contributed by atoms with Gasteiger partial charge in [0.05, 0.1) is 12.8 Å². The Kier molecular flexibility index (Phi) is 5.64. The van der Waals surface area contributed by atoms with Gasteiger partial charge < -0.3 is 9.73 Å². The molecule has 0 radical (unpaired) electrons. The quantitative estimate of drug-likeness (QED) is 0.482. The molecule has 0 fully saturated rings. The molecule has 2 aromatic carbocycles. The van der Waals surface area contributed by atoms with Crippen LogP contribution in [-0.4, -0.2) is 18.7 Å². The molecule has 2 N–H and O–H groups in total. The zero-order valence-electron chi connectivity index (χ0n) is 13.3. The van der Waals surface area contributed by atoms with Crippen LogP contribution < -0.4 is 10.7 Å². The molecule has 25 heavy (non-hydrogen) atoms. The minimum absolute atomic E-state index is 0.143. The summed E-state index contributed by atoms with van der Waals surface area (Å²) in [5.41, 5.74) is 4.31. The Morgan fingerprint density at radius 3 is 2.56 bits per heavy atom. The van der Waals surface area contributed by atoms with Crippen LogP contribution >= 0.6 is 15.9 Å². The molecule has 1 amide bonds. The summed E-state index contributed by atoms with van der Waals surface area (Å²) in [6, 6.07) is 21.0. The van der Waals surface area contributed by atoms with Gasteiger partial charge in [0.2, 0.25) is 0 Å². The van der Waals surface area contributed by atoms with E-state index >= 15 is 0 Å². The summed E-state index contributed by atoms with van der Waals surface area (Å²) in [5.74, 6) is 1.07. The van der Waals surface area contributed by atoms with Crippen LogP contribution in [0.25, 0.3) is 11.3 Å². The number of halogens is 1.